The van der Waals surface area contributed by atoms with Crippen molar-refractivity contribution in [1.29, 1.82) is 0 Å². The molecule has 1 fully saturated rings. The van der Waals surface area contributed by atoms with Gasteiger partial charge < -0.3 is 10.0 Å². The molecule has 1 aliphatic heterocycles. The van der Waals surface area contributed by atoms with Crippen LogP contribution < -0.4 is 0 Å². The van der Waals surface area contributed by atoms with Crippen LogP contribution in [0, 0.1) is 19.8 Å². The van der Waals surface area contributed by atoms with Gasteiger partial charge in [-0.25, -0.2) is 0 Å². The summed E-state index contributed by atoms with van der Waals surface area (Å²) < 4.78 is 1.09. The lowest BCUT2D eigenvalue weighted by Gasteiger charge is -2.15. The van der Waals surface area contributed by atoms with Crippen LogP contribution in [0.3, 0.4) is 0 Å². The summed E-state index contributed by atoms with van der Waals surface area (Å²) in [5.41, 5.74) is 8.54. The lowest BCUT2D eigenvalue weighted by Crippen LogP contribution is -2.21. The Labute approximate surface area is 213 Å². The highest BCUT2D eigenvalue weighted by Crippen LogP contribution is 2.45. The monoisotopic (exact) mass is 481 g/mol. The Hall–Kier alpha value is -2.88. The Morgan fingerprint density at radius 1 is 1.06 bits per heavy atom. The van der Waals surface area contributed by atoms with Crippen molar-refractivity contribution in [3.05, 3.63) is 94.4 Å². The number of nitrogens with zero attached hydrogens (tertiary/aromatic N) is 1. The zero-order chi connectivity index (χ0) is 24.5. The molecule has 35 heavy (non-hydrogen) atoms. The second-order valence-corrected chi connectivity index (χ2v) is 11.3. The number of likely N-dealkylation sites (tertiary alicyclic amines) is 1. The van der Waals surface area contributed by atoms with Gasteiger partial charge in [-0.2, -0.15) is 0 Å². The van der Waals surface area contributed by atoms with E-state index in [9.17, 15) is 5.11 Å². The third-order valence-electron chi connectivity index (χ3n) is 7.35. The number of phenols is 1. The molecule has 0 spiro atoms. The van der Waals surface area contributed by atoms with Crippen LogP contribution in [-0.4, -0.2) is 29.6 Å². The molecule has 2 heterocycles. The van der Waals surface area contributed by atoms with E-state index in [1.165, 1.54) is 76.1 Å². The summed E-state index contributed by atoms with van der Waals surface area (Å²) in [6, 6.07) is 21.4. The minimum absolute atomic E-state index is 0.303. The van der Waals surface area contributed by atoms with Gasteiger partial charge in [0.1, 0.15) is 5.75 Å². The smallest absolute Gasteiger partial charge is 0.117 e. The Morgan fingerprint density at radius 2 is 1.86 bits per heavy atom. The quantitative estimate of drug-likeness (QED) is 0.287. The number of benzene rings is 3. The SMILES string of the molecule is C=C(c1ccc(C)cc1C)c1sc2cc(O)ccc2c1-c1ccc(CCCN2CCC(C)C2)cc1. The number of thiophene rings is 1. The van der Waals surface area contributed by atoms with Gasteiger partial charge in [0.2, 0.25) is 0 Å². The van der Waals surface area contributed by atoms with Crippen LogP contribution in [-0.2, 0) is 6.42 Å². The van der Waals surface area contributed by atoms with Crippen molar-refractivity contribution < 1.29 is 5.11 Å². The predicted octanol–water partition coefficient (Wildman–Crippen LogP) is 8.23. The van der Waals surface area contributed by atoms with Crippen LogP contribution in [0.1, 0.15) is 46.9 Å². The summed E-state index contributed by atoms with van der Waals surface area (Å²) in [5.74, 6) is 1.15. The van der Waals surface area contributed by atoms with E-state index in [1.807, 2.05) is 12.1 Å². The van der Waals surface area contributed by atoms with Gasteiger partial charge in [0.25, 0.3) is 0 Å². The fourth-order valence-electron chi connectivity index (χ4n) is 5.43. The topological polar surface area (TPSA) is 23.5 Å². The molecule has 0 radical (unpaired) electrons. The lowest BCUT2D eigenvalue weighted by molar-refractivity contribution is 0.323. The molecule has 2 nitrogen and oxygen atoms in total. The number of aromatic hydroxyl groups is 1. The summed E-state index contributed by atoms with van der Waals surface area (Å²) >= 11 is 1.72. The van der Waals surface area contributed by atoms with Gasteiger partial charge in [-0.15, -0.1) is 11.3 Å². The average molecular weight is 482 g/mol. The molecule has 4 aromatic rings. The molecule has 1 unspecified atom stereocenters. The molecule has 1 aliphatic rings. The molecule has 1 N–H and O–H groups in total. The third kappa shape index (κ3) is 5.07. The van der Waals surface area contributed by atoms with Gasteiger partial charge >= 0.3 is 0 Å². The van der Waals surface area contributed by atoms with E-state index in [0.717, 1.165) is 22.6 Å². The van der Waals surface area contributed by atoms with Crippen molar-refractivity contribution in [2.45, 2.75) is 40.0 Å². The summed E-state index contributed by atoms with van der Waals surface area (Å²) in [4.78, 5) is 3.78. The molecular formula is C32H35NOS. The Kier molecular flexibility index (Phi) is 6.82. The van der Waals surface area contributed by atoms with Crippen LogP contribution in [0.25, 0.3) is 26.8 Å². The van der Waals surface area contributed by atoms with Gasteiger partial charge in [0.15, 0.2) is 0 Å². The van der Waals surface area contributed by atoms with Crippen LogP contribution in [0.15, 0.2) is 67.2 Å². The van der Waals surface area contributed by atoms with Gasteiger partial charge in [0, 0.05) is 27.1 Å². The number of hydrogen-bond donors (Lipinski definition) is 1. The van der Waals surface area contributed by atoms with E-state index in [-0.39, 0.29) is 0 Å². The first-order valence-corrected chi connectivity index (χ1v) is 13.5. The highest BCUT2D eigenvalue weighted by Gasteiger charge is 2.20. The maximum absolute atomic E-state index is 10.1. The van der Waals surface area contributed by atoms with Crippen molar-refractivity contribution in [2.75, 3.05) is 19.6 Å². The Balaban J connectivity index is 1.44. The predicted molar refractivity (Wildman–Crippen MR) is 152 cm³/mol. The van der Waals surface area contributed by atoms with Gasteiger partial charge in [-0.3, -0.25) is 0 Å². The van der Waals surface area contributed by atoms with Crippen molar-refractivity contribution in [2.24, 2.45) is 5.92 Å². The van der Waals surface area contributed by atoms with E-state index in [4.69, 9.17) is 0 Å². The summed E-state index contributed by atoms with van der Waals surface area (Å²) in [6.07, 6.45) is 3.67. The van der Waals surface area contributed by atoms with Crippen molar-refractivity contribution in [3.8, 4) is 16.9 Å². The van der Waals surface area contributed by atoms with Crippen LogP contribution in [0.4, 0.5) is 0 Å². The summed E-state index contributed by atoms with van der Waals surface area (Å²) in [5, 5.41) is 11.3. The van der Waals surface area contributed by atoms with Crippen molar-refractivity contribution >= 4 is 27.0 Å². The van der Waals surface area contributed by atoms with E-state index in [0.29, 0.717) is 5.75 Å². The normalized spacial score (nSPS) is 16.3. The van der Waals surface area contributed by atoms with Crippen LogP contribution >= 0.6 is 11.3 Å². The first-order valence-electron chi connectivity index (χ1n) is 12.7. The third-order valence-corrected chi connectivity index (χ3v) is 8.56. The molecule has 3 heteroatoms. The lowest BCUT2D eigenvalue weighted by atomic mass is 9.93. The van der Waals surface area contributed by atoms with E-state index in [1.54, 1.807) is 17.4 Å². The van der Waals surface area contributed by atoms with Crippen LogP contribution in [0.5, 0.6) is 5.75 Å². The number of fused-ring (bicyclic) bond motifs is 1. The fraction of sp³-hybridized carbons (Fsp3) is 0.312. The maximum atomic E-state index is 10.1. The zero-order valence-electron chi connectivity index (χ0n) is 21.1. The molecular weight excluding hydrogens is 446 g/mol. The second kappa shape index (κ2) is 10.0. The molecule has 0 bridgehead atoms. The van der Waals surface area contributed by atoms with Gasteiger partial charge in [-0.05, 0) is 98.1 Å². The number of phenolic OH excluding ortho intramolecular Hbond substituents is 1. The van der Waals surface area contributed by atoms with Crippen molar-refractivity contribution in [1.82, 2.24) is 4.90 Å². The number of aryl methyl sites for hydroxylation is 3. The molecule has 3 aromatic carbocycles. The highest BCUT2D eigenvalue weighted by molar-refractivity contribution is 7.20. The molecule has 5 rings (SSSR count). The molecule has 0 aliphatic carbocycles. The van der Waals surface area contributed by atoms with E-state index < -0.39 is 0 Å². The summed E-state index contributed by atoms with van der Waals surface area (Å²) in [6.45, 7) is 14.9. The second-order valence-electron chi connectivity index (χ2n) is 10.3. The van der Waals surface area contributed by atoms with Crippen LogP contribution in [0.2, 0.25) is 0 Å². The van der Waals surface area contributed by atoms with E-state index >= 15 is 0 Å². The molecule has 0 saturated carbocycles. The first kappa shape index (κ1) is 23.8. The summed E-state index contributed by atoms with van der Waals surface area (Å²) in [7, 11) is 0. The molecule has 1 saturated heterocycles. The molecule has 1 aromatic heterocycles. The Morgan fingerprint density at radius 3 is 2.57 bits per heavy atom. The molecule has 1 atom stereocenters. The number of hydrogen-bond acceptors (Lipinski definition) is 3. The Bertz CT molecular complexity index is 1360. The molecule has 180 valence electrons. The van der Waals surface area contributed by atoms with Gasteiger partial charge in [0.05, 0.1) is 0 Å². The first-order chi connectivity index (χ1) is 16.9. The maximum Gasteiger partial charge on any atom is 0.117 e. The minimum Gasteiger partial charge on any atom is -0.508 e. The standard InChI is InChI=1S/C32H35NOS/c1-21-7-13-28(23(3)18-21)24(4)32-31(29-14-12-27(34)19-30(29)35-32)26-10-8-25(9-11-26)6-5-16-33-17-15-22(2)20-33/h7-14,18-19,22,34H,4-6,15-17,20H2,1-3H3. The van der Waals surface area contributed by atoms with Crippen molar-refractivity contribution in [3.63, 3.8) is 0 Å². The minimum atomic E-state index is 0.303. The average Bonchev–Trinajstić information content (AvgIpc) is 3.42. The molecule has 0 amide bonds. The van der Waals surface area contributed by atoms with E-state index in [2.05, 4.69) is 74.7 Å². The highest BCUT2D eigenvalue weighted by atomic mass is 32.1. The fourth-order valence-corrected chi connectivity index (χ4v) is 6.68. The van der Waals surface area contributed by atoms with Gasteiger partial charge in [-0.1, -0.05) is 61.5 Å². The number of rotatable bonds is 7. The zero-order valence-corrected chi connectivity index (χ0v) is 21.9. The largest absolute Gasteiger partial charge is 0.508 e.